The summed E-state index contributed by atoms with van der Waals surface area (Å²) in [5, 5.41) is 12.2. The van der Waals surface area contributed by atoms with Crippen LogP contribution in [0.4, 0.5) is 22.4 Å². The van der Waals surface area contributed by atoms with Gasteiger partial charge < -0.3 is 25.0 Å². The molecule has 2 N–H and O–H groups in total. The van der Waals surface area contributed by atoms with E-state index in [1.807, 2.05) is 0 Å². The van der Waals surface area contributed by atoms with Crippen LogP contribution in [-0.2, 0) is 11.3 Å². The third-order valence-electron chi connectivity index (χ3n) is 5.47. The van der Waals surface area contributed by atoms with E-state index < -0.39 is 24.0 Å². The molecule has 3 amide bonds. The molecule has 1 aromatic carbocycles. The molecule has 1 aliphatic carbocycles. The van der Waals surface area contributed by atoms with Gasteiger partial charge in [0.2, 0.25) is 5.91 Å². The highest BCUT2D eigenvalue weighted by atomic mass is 19.4. The van der Waals surface area contributed by atoms with Gasteiger partial charge in [0.1, 0.15) is 11.6 Å². The van der Waals surface area contributed by atoms with Crippen molar-refractivity contribution >= 4 is 11.9 Å². The molecule has 3 rings (SSSR count). The number of hydrogen-bond donors (Lipinski definition) is 2. The highest BCUT2D eigenvalue weighted by molar-refractivity contribution is 5.76. The van der Waals surface area contributed by atoms with E-state index >= 15 is 0 Å². The summed E-state index contributed by atoms with van der Waals surface area (Å²) in [6, 6.07) is 2.00. The van der Waals surface area contributed by atoms with Crippen LogP contribution in [0.2, 0.25) is 0 Å². The lowest BCUT2D eigenvalue weighted by Gasteiger charge is -2.42. The number of rotatable bonds is 6. The summed E-state index contributed by atoms with van der Waals surface area (Å²) in [7, 11) is 0. The second-order valence-electron chi connectivity index (χ2n) is 7.96. The molecule has 1 saturated carbocycles. The van der Waals surface area contributed by atoms with Gasteiger partial charge in [0.25, 0.3) is 0 Å². The van der Waals surface area contributed by atoms with Crippen LogP contribution >= 0.6 is 0 Å². The van der Waals surface area contributed by atoms with Gasteiger partial charge in [0, 0.05) is 56.8 Å². The van der Waals surface area contributed by atoms with Gasteiger partial charge in [-0.1, -0.05) is 6.07 Å². The van der Waals surface area contributed by atoms with Crippen molar-refractivity contribution in [1.29, 1.82) is 0 Å². The Labute approximate surface area is 176 Å². The van der Waals surface area contributed by atoms with Crippen molar-refractivity contribution in [2.75, 3.05) is 19.7 Å². The average Bonchev–Trinajstić information content (AvgIpc) is 3.51. The quantitative estimate of drug-likeness (QED) is 0.657. The van der Waals surface area contributed by atoms with E-state index in [0.717, 1.165) is 25.0 Å². The molecular formula is C20H25F4N3O4. The Morgan fingerprint density at radius 2 is 1.97 bits per heavy atom. The lowest BCUT2D eigenvalue weighted by molar-refractivity contribution is -0.274. The van der Waals surface area contributed by atoms with Crippen LogP contribution in [0.5, 0.6) is 5.75 Å². The number of urea groups is 1. The van der Waals surface area contributed by atoms with E-state index in [4.69, 9.17) is 0 Å². The summed E-state index contributed by atoms with van der Waals surface area (Å²) in [6.07, 6.45) is -2.76. The van der Waals surface area contributed by atoms with Crippen LogP contribution in [0.25, 0.3) is 0 Å². The third kappa shape index (κ3) is 6.22. The van der Waals surface area contributed by atoms with Gasteiger partial charge in [0.05, 0.1) is 6.04 Å². The first kappa shape index (κ1) is 23.1. The first-order chi connectivity index (χ1) is 14.6. The molecule has 7 nitrogen and oxygen atoms in total. The predicted octanol–water partition coefficient (Wildman–Crippen LogP) is 2.63. The lowest BCUT2D eigenvalue weighted by Crippen LogP contribution is -2.57. The van der Waals surface area contributed by atoms with Gasteiger partial charge in [-0.3, -0.25) is 4.79 Å². The Morgan fingerprint density at radius 3 is 2.52 bits per heavy atom. The van der Waals surface area contributed by atoms with Gasteiger partial charge in [-0.2, -0.15) is 0 Å². The van der Waals surface area contributed by atoms with Gasteiger partial charge in [-0.25, -0.2) is 9.18 Å². The number of ether oxygens (including phenoxy) is 1. The van der Waals surface area contributed by atoms with Gasteiger partial charge >= 0.3 is 12.4 Å². The maximum absolute atomic E-state index is 14.2. The molecule has 1 saturated heterocycles. The number of nitrogens with one attached hydrogen (secondary N) is 1. The van der Waals surface area contributed by atoms with Gasteiger partial charge in [-0.05, 0) is 25.3 Å². The van der Waals surface area contributed by atoms with Gasteiger partial charge in [-0.15, -0.1) is 13.2 Å². The summed E-state index contributed by atoms with van der Waals surface area (Å²) in [5.41, 5.74) is 0.0147. The van der Waals surface area contributed by atoms with Crippen LogP contribution in [0.15, 0.2) is 18.2 Å². The van der Waals surface area contributed by atoms with Crippen molar-refractivity contribution in [3.05, 3.63) is 29.6 Å². The van der Waals surface area contributed by atoms with Crippen molar-refractivity contribution in [1.82, 2.24) is 15.1 Å². The number of hydrogen-bond acceptors (Lipinski definition) is 4. The number of aliphatic hydroxyl groups excluding tert-OH is 1. The van der Waals surface area contributed by atoms with Crippen molar-refractivity contribution in [3.63, 3.8) is 0 Å². The van der Waals surface area contributed by atoms with Crippen LogP contribution < -0.4 is 10.1 Å². The summed E-state index contributed by atoms with van der Waals surface area (Å²) in [5.74, 6) is -1.89. The first-order valence-corrected chi connectivity index (χ1v) is 10.0. The number of carbonyl (C=O) groups is 2. The number of amides is 3. The fourth-order valence-electron chi connectivity index (χ4n) is 3.88. The fourth-order valence-corrected chi connectivity index (χ4v) is 3.88. The zero-order valence-corrected chi connectivity index (χ0v) is 17.0. The molecule has 0 radical (unpaired) electrons. The van der Waals surface area contributed by atoms with E-state index in [1.54, 1.807) is 9.80 Å². The highest BCUT2D eigenvalue weighted by Crippen LogP contribution is 2.33. The van der Waals surface area contributed by atoms with E-state index in [0.29, 0.717) is 25.6 Å². The third-order valence-corrected chi connectivity index (χ3v) is 5.47. The minimum Gasteiger partial charge on any atom is -0.406 e. The lowest BCUT2D eigenvalue weighted by atomic mass is 9.93. The highest BCUT2D eigenvalue weighted by Gasteiger charge is 2.41. The van der Waals surface area contributed by atoms with Crippen LogP contribution in [-0.4, -0.2) is 65.0 Å². The topological polar surface area (TPSA) is 82.1 Å². The van der Waals surface area contributed by atoms with Crippen LogP contribution in [0, 0.1) is 11.7 Å². The number of carbonyl (C=O) groups excluding carboxylic acids is 2. The summed E-state index contributed by atoms with van der Waals surface area (Å²) in [4.78, 5) is 28.0. The van der Waals surface area contributed by atoms with Crippen LogP contribution in [0.1, 0.15) is 31.7 Å². The number of alkyl halides is 3. The standard InChI is InChI=1S/C20H25F4N3O4/c1-12(29)26-9-13(11-28)6-16(10-26)27(15-3-4-15)19(30)25-8-14-2-5-17(7-18(14)21)31-20(22,23)24/h2,5,7,13,15-16,28H,3-4,6,8-11H2,1H3,(H,25,30)/t13-,16+/m0/s1. The Balaban J connectivity index is 1.66. The molecule has 31 heavy (non-hydrogen) atoms. The van der Waals surface area contributed by atoms with Gasteiger partial charge in [0.15, 0.2) is 0 Å². The maximum Gasteiger partial charge on any atom is 0.573 e. The Morgan fingerprint density at radius 1 is 1.26 bits per heavy atom. The van der Waals surface area contributed by atoms with E-state index in [1.165, 1.54) is 6.92 Å². The van der Waals surface area contributed by atoms with E-state index in [-0.39, 0.29) is 42.6 Å². The Bertz CT molecular complexity index is 816. The Hall–Kier alpha value is -2.56. The number of halogens is 4. The number of benzene rings is 1. The number of nitrogens with zero attached hydrogens (tertiary/aromatic N) is 2. The zero-order valence-electron chi connectivity index (χ0n) is 17.0. The molecule has 1 heterocycles. The first-order valence-electron chi connectivity index (χ1n) is 10.0. The van der Waals surface area contributed by atoms with Crippen molar-refractivity contribution in [2.24, 2.45) is 5.92 Å². The smallest absolute Gasteiger partial charge is 0.406 e. The molecule has 2 fully saturated rings. The molecular weight excluding hydrogens is 422 g/mol. The minimum atomic E-state index is -4.92. The predicted molar refractivity (Wildman–Crippen MR) is 101 cm³/mol. The Kier molecular flexibility index (Phi) is 6.93. The second kappa shape index (κ2) is 9.29. The minimum absolute atomic E-state index is 0.00339. The number of aliphatic hydroxyl groups is 1. The molecule has 1 aliphatic heterocycles. The average molecular weight is 447 g/mol. The summed E-state index contributed by atoms with van der Waals surface area (Å²) >= 11 is 0. The molecule has 172 valence electrons. The normalized spacial score (nSPS) is 21.5. The largest absolute Gasteiger partial charge is 0.573 e. The monoisotopic (exact) mass is 447 g/mol. The fraction of sp³-hybridized carbons (Fsp3) is 0.600. The zero-order chi connectivity index (χ0) is 22.8. The molecule has 0 spiro atoms. The van der Waals surface area contributed by atoms with Crippen molar-refractivity contribution in [3.8, 4) is 5.75 Å². The molecule has 2 aliphatic rings. The number of likely N-dealkylation sites (tertiary alicyclic amines) is 1. The molecule has 0 unspecified atom stereocenters. The summed E-state index contributed by atoms with van der Waals surface area (Å²) in [6.45, 7) is 1.91. The summed E-state index contributed by atoms with van der Waals surface area (Å²) < 4.78 is 54.6. The maximum atomic E-state index is 14.2. The van der Waals surface area contributed by atoms with E-state index in [2.05, 4.69) is 10.1 Å². The molecule has 0 bridgehead atoms. The second-order valence-corrected chi connectivity index (χ2v) is 7.96. The van der Waals surface area contributed by atoms with Crippen molar-refractivity contribution < 1.29 is 37.0 Å². The molecule has 0 aromatic heterocycles. The SMILES string of the molecule is CC(=O)N1C[C@@H](CO)C[C@@H](N(C(=O)NCc2ccc(OC(F)(F)F)cc2F)C2CC2)C1. The molecule has 2 atom stereocenters. The molecule has 11 heteroatoms. The van der Waals surface area contributed by atoms with E-state index in [9.17, 15) is 32.3 Å². The van der Waals surface area contributed by atoms with Crippen molar-refractivity contribution in [2.45, 2.75) is 51.2 Å². The molecule has 1 aromatic rings. The van der Waals surface area contributed by atoms with Crippen LogP contribution in [0.3, 0.4) is 0 Å². The number of piperidine rings is 1.